The van der Waals surface area contributed by atoms with E-state index in [2.05, 4.69) is 17.2 Å². The first-order valence-electron chi connectivity index (χ1n) is 8.67. The molecular formula is C19H26N2OS. The van der Waals surface area contributed by atoms with Crippen molar-refractivity contribution in [3.63, 3.8) is 0 Å². The first-order chi connectivity index (χ1) is 11.3. The van der Waals surface area contributed by atoms with Crippen molar-refractivity contribution in [2.24, 2.45) is 5.92 Å². The molecule has 2 aromatic rings. The van der Waals surface area contributed by atoms with Crippen LogP contribution < -0.4 is 4.74 Å². The minimum absolute atomic E-state index is 0.623. The number of likely N-dealkylation sites (tertiary alicyclic amines) is 1. The summed E-state index contributed by atoms with van der Waals surface area (Å²) in [6, 6.07) is 10.1. The van der Waals surface area contributed by atoms with Gasteiger partial charge in [-0.25, -0.2) is 4.98 Å². The van der Waals surface area contributed by atoms with E-state index in [1.807, 2.05) is 41.7 Å². The zero-order valence-corrected chi connectivity index (χ0v) is 14.7. The molecule has 3 rings (SSSR count). The Bertz CT molecular complexity index is 584. The maximum absolute atomic E-state index is 5.94. The molecule has 0 saturated carbocycles. The highest BCUT2D eigenvalue weighted by molar-refractivity contribution is 7.09. The summed E-state index contributed by atoms with van der Waals surface area (Å²) in [5.41, 5.74) is 1.24. The Labute approximate surface area is 143 Å². The fraction of sp³-hybridized carbons (Fsp3) is 0.526. The summed E-state index contributed by atoms with van der Waals surface area (Å²) in [4.78, 5) is 7.29. The zero-order chi connectivity index (χ0) is 15.9. The highest BCUT2D eigenvalue weighted by Gasteiger charge is 2.21. The summed E-state index contributed by atoms with van der Waals surface area (Å²) in [6.45, 7) is 6.32. The van der Waals surface area contributed by atoms with Gasteiger partial charge in [0.25, 0.3) is 0 Å². The third kappa shape index (κ3) is 5.05. The number of aromatic nitrogens is 1. The first kappa shape index (κ1) is 16.5. The smallest absolute Gasteiger partial charge is 0.119 e. The molecule has 124 valence electrons. The standard InChI is InChI=1S/C19H26N2OS/c1-2-7-19-20-17(15-23-19)13-21-11-6-8-16(12-21)14-22-18-9-4-3-5-10-18/h3-5,9-10,15-16H,2,6-8,11-14H2,1H3. The van der Waals surface area contributed by atoms with Gasteiger partial charge in [-0.05, 0) is 44.4 Å². The van der Waals surface area contributed by atoms with Gasteiger partial charge in [0.2, 0.25) is 0 Å². The third-order valence-corrected chi connectivity index (χ3v) is 5.24. The first-order valence-corrected chi connectivity index (χ1v) is 9.55. The molecule has 3 nitrogen and oxygen atoms in total. The van der Waals surface area contributed by atoms with E-state index < -0.39 is 0 Å². The van der Waals surface area contributed by atoms with Crippen LogP contribution in [0.3, 0.4) is 0 Å². The molecular weight excluding hydrogens is 304 g/mol. The average molecular weight is 330 g/mol. The van der Waals surface area contributed by atoms with Crippen LogP contribution in [0, 0.1) is 5.92 Å². The van der Waals surface area contributed by atoms with Crippen molar-refractivity contribution in [1.82, 2.24) is 9.88 Å². The maximum Gasteiger partial charge on any atom is 0.119 e. The van der Waals surface area contributed by atoms with Crippen molar-refractivity contribution >= 4 is 11.3 Å². The fourth-order valence-corrected chi connectivity index (χ4v) is 4.03. The lowest BCUT2D eigenvalue weighted by Crippen LogP contribution is -2.37. The van der Waals surface area contributed by atoms with Gasteiger partial charge in [-0.15, -0.1) is 11.3 Å². The number of rotatable bonds is 7. The lowest BCUT2D eigenvalue weighted by molar-refractivity contribution is 0.124. The lowest BCUT2D eigenvalue weighted by Gasteiger charge is -2.32. The van der Waals surface area contributed by atoms with E-state index >= 15 is 0 Å². The summed E-state index contributed by atoms with van der Waals surface area (Å²) >= 11 is 1.81. The van der Waals surface area contributed by atoms with Crippen LogP contribution in [0.1, 0.15) is 36.9 Å². The van der Waals surface area contributed by atoms with Crippen molar-refractivity contribution < 1.29 is 4.74 Å². The van der Waals surface area contributed by atoms with E-state index in [4.69, 9.17) is 9.72 Å². The molecule has 0 bridgehead atoms. The minimum atomic E-state index is 0.623. The number of piperidine rings is 1. The Hall–Kier alpha value is -1.39. The number of benzene rings is 1. The van der Waals surface area contributed by atoms with Crippen molar-refractivity contribution in [2.45, 2.75) is 39.2 Å². The average Bonchev–Trinajstić information content (AvgIpc) is 3.02. The summed E-state index contributed by atoms with van der Waals surface area (Å²) in [7, 11) is 0. The predicted octanol–water partition coefficient (Wildman–Crippen LogP) is 4.39. The molecule has 0 spiro atoms. The highest BCUT2D eigenvalue weighted by atomic mass is 32.1. The summed E-state index contributed by atoms with van der Waals surface area (Å²) in [6.07, 6.45) is 4.81. The van der Waals surface area contributed by atoms with E-state index in [0.717, 1.165) is 31.9 Å². The molecule has 23 heavy (non-hydrogen) atoms. The Balaban J connectivity index is 1.47. The number of thiazole rings is 1. The summed E-state index contributed by atoms with van der Waals surface area (Å²) < 4.78 is 5.94. The largest absolute Gasteiger partial charge is 0.493 e. The van der Waals surface area contributed by atoms with Crippen molar-refractivity contribution in [3.05, 3.63) is 46.4 Å². The maximum atomic E-state index is 5.94. The number of para-hydroxylation sites is 1. The van der Waals surface area contributed by atoms with Crippen LogP contribution in [-0.4, -0.2) is 29.6 Å². The number of ether oxygens (including phenoxy) is 1. The van der Waals surface area contributed by atoms with Gasteiger partial charge in [0.05, 0.1) is 17.3 Å². The molecule has 1 aromatic heterocycles. The summed E-state index contributed by atoms with van der Waals surface area (Å²) in [5, 5.41) is 3.51. The highest BCUT2D eigenvalue weighted by Crippen LogP contribution is 2.21. The van der Waals surface area contributed by atoms with Crippen LogP contribution >= 0.6 is 11.3 Å². The Morgan fingerprint density at radius 1 is 1.30 bits per heavy atom. The van der Waals surface area contributed by atoms with Crippen molar-refractivity contribution in [1.29, 1.82) is 0 Å². The van der Waals surface area contributed by atoms with Crippen LogP contribution in [0.15, 0.2) is 35.7 Å². The van der Waals surface area contributed by atoms with Gasteiger partial charge < -0.3 is 4.74 Å². The molecule has 1 fully saturated rings. The van der Waals surface area contributed by atoms with Gasteiger partial charge in [0, 0.05) is 24.4 Å². The zero-order valence-electron chi connectivity index (χ0n) is 13.9. The van der Waals surface area contributed by atoms with E-state index in [9.17, 15) is 0 Å². The van der Waals surface area contributed by atoms with Crippen LogP contribution in [0.4, 0.5) is 0 Å². The molecule has 0 amide bonds. The molecule has 1 saturated heterocycles. The van der Waals surface area contributed by atoms with Gasteiger partial charge in [0.1, 0.15) is 5.75 Å². The van der Waals surface area contributed by atoms with E-state index in [1.54, 1.807) is 0 Å². The van der Waals surface area contributed by atoms with Crippen LogP contribution in [-0.2, 0) is 13.0 Å². The van der Waals surface area contributed by atoms with Crippen LogP contribution in [0.2, 0.25) is 0 Å². The summed E-state index contributed by atoms with van der Waals surface area (Å²) in [5.74, 6) is 1.60. The molecule has 4 heteroatoms. The fourth-order valence-electron chi connectivity index (χ4n) is 3.14. The quantitative estimate of drug-likeness (QED) is 0.753. The molecule has 1 aliphatic rings. The number of hydrogen-bond donors (Lipinski definition) is 0. The van der Waals surface area contributed by atoms with E-state index in [1.165, 1.54) is 36.5 Å². The van der Waals surface area contributed by atoms with E-state index in [-0.39, 0.29) is 0 Å². The molecule has 1 aromatic carbocycles. The van der Waals surface area contributed by atoms with Gasteiger partial charge in [-0.2, -0.15) is 0 Å². The molecule has 0 radical (unpaired) electrons. The molecule has 1 aliphatic heterocycles. The Morgan fingerprint density at radius 3 is 3.00 bits per heavy atom. The lowest BCUT2D eigenvalue weighted by atomic mass is 9.99. The normalized spacial score (nSPS) is 18.9. The van der Waals surface area contributed by atoms with Gasteiger partial charge in [0.15, 0.2) is 0 Å². The van der Waals surface area contributed by atoms with Gasteiger partial charge in [-0.1, -0.05) is 25.1 Å². The van der Waals surface area contributed by atoms with Crippen molar-refractivity contribution in [2.75, 3.05) is 19.7 Å². The van der Waals surface area contributed by atoms with Gasteiger partial charge in [-0.3, -0.25) is 4.90 Å². The number of aryl methyl sites for hydroxylation is 1. The molecule has 2 heterocycles. The van der Waals surface area contributed by atoms with Crippen LogP contribution in [0.5, 0.6) is 5.75 Å². The monoisotopic (exact) mass is 330 g/mol. The third-order valence-electron chi connectivity index (χ3n) is 4.28. The SMILES string of the molecule is CCCc1nc(CN2CCCC(COc3ccccc3)C2)cs1. The minimum Gasteiger partial charge on any atom is -0.493 e. The number of nitrogens with zero attached hydrogens (tertiary/aromatic N) is 2. The molecule has 0 N–H and O–H groups in total. The molecule has 0 aliphatic carbocycles. The van der Waals surface area contributed by atoms with Gasteiger partial charge >= 0.3 is 0 Å². The second-order valence-corrected chi connectivity index (χ2v) is 7.29. The molecule has 1 atom stereocenters. The predicted molar refractivity (Wildman–Crippen MR) is 96.0 cm³/mol. The Morgan fingerprint density at radius 2 is 2.17 bits per heavy atom. The number of hydrogen-bond acceptors (Lipinski definition) is 4. The van der Waals surface area contributed by atoms with Crippen LogP contribution in [0.25, 0.3) is 0 Å². The Kier molecular flexibility index (Phi) is 6.06. The molecule has 1 unspecified atom stereocenters. The second kappa shape index (κ2) is 8.46. The topological polar surface area (TPSA) is 25.4 Å². The second-order valence-electron chi connectivity index (χ2n) is 6.35. The van der Waals surface area contributed by atoms with E-state index in [0.29, 0.717) is 5.92 Å². The van der Waals surface area contributed by atoms with Crippen molar-refractivity contribution in [3.8, 4) is 5.75 Å².